The second-order valence-corrected chi connectivity index (χ2v) is 10.5. The highest BCUT2D eigenvalue weighted by Gasteiger charge is 2.42. The number of hydrogen-bond donors (Lipinski definition) is 1. The summed E-state index contributed by atoms with van der Waals surface area (Å²) in [6.07, 6.45) is 6.81. The Morgan fingerprint density at radius 1 is 1.18 bits per heavy atom. The largest absolute Gasteiger partial charge is 0.478 e. The smallest absolute Gasteiger partial charge is 0.387 e. The third-order valence-corrected chi connectivity index (χ3v) is 7.92. The molecule has 0 radical (unpaired) electrons. The number of benzene rings is 1. The number of aromatic nitrogens is 2. The number of carbonyl (C=O) groups is 1. The Bertz CT molecular complexity index is 1330. The van der Waals surface area contributed by atoms with Gasteiger partial charge in [-0.15, -0.1) is 0 Å². The molecule has 2 aromatic heterocycles. The fourth-order valence-electron chi connectivity index (χ4n) is 5.76. The van der Waals surface area contributed by atoms with Crippen molar-refractivity contribution in [2.45, 2.75) is 75.8 Å². The molecule has 1 N–H and O–H groups in total. The molecule has 1 saturated carbocycles. The first-order chi connectivity index (χ1) is 18.4. The van der Waals surface area contributed by atoms with Crippen LogP contribution in [-0.4, -0.2) is 46.0 Å². The molecule has 2 bridgehead atoms. The van der Waals surface area contributed by atoms with E-state index in [4.69, 9.17) is 25.6 Å². The number of carboxylic acid groups (broad SMARTS) is 1. The van der Waals surface area contributed by atoms with E-state index >= 15 is 0 Å². The lowest BCUT2D eigenvalue weighted by Crippen LogP contribution is -2.46. The van der Waals surface area contributed by atoms with Crippen LogP contribution >= 0.6 is 11.6 Å². The predicted molar refractivity (Wildman–Crippen MR) is 134 cm³/mol. The summed E-state index contributed by atoms with van der Waals surface area (Å²) < 4.78 is 42.9. The molecule has 3 atom stereocenters. The van der Waals surface area contributed by atoms with Gasteiger partial charge in [-0.3, -0.25) is 0 Å². The minimum absolute atomic E-state index is 0.0140. The van der Waals surface area contributed by atoms with Gasteiger partial charge in [-0.05, 0) is 50.7 Å². The van der Waals surface area contributed by atoms with Gasteiger partial charge in [-0.25, -0.2) is 9.78 Å². The molecule has 0 amide bonds. The van der Waals surface area contributed by atoms with Crippen LogP contribution in [0.25, 0.3) is 11.3 Å². The fraction of sp³-hybridized carbons (Fsp3) is 0.444. The molecule has 1 aromatic carbocycles. The SMILES string of the molecule is O=C(O)c1cnc(N2[C@@H]3CC[C@H]2C[C@@H](OCc2c(-c4ccccc4OC(F)F)noc2C2CC2)C3)cc1Cl. The maximum atomic E-state index is 13.0. The summed E-state index contributed by atoms with van der Waals surface area (Å²) in [5.41, 5.74) is 1.69. The van der Waals surface area contributed by atoms with Crippen molar-refractivity contribution in [2.24, 2.45) is 0 Å². The standard InChI is InChI=1S/C27H26ClF2N3O5/c28-21-11-23(31-12-19(21)26(34)35)33-15-7-8-16(33)10-17(9-15)36-13-20-24(32-38-25(20)14-5-6-14)18-3-1-2-4-22(18)37-27(29)30/h1-4,11-12,14-17,27H,5-10,13H2,(H,34,35)/t15-,16+,17+. The Kier molecular flexibility index (Phi) is 6.69. The average molecular weight is 546 g/mol. The summed E-state index contributed by atoms with van der Waals surface area (Å²) in [7, 11) is 0. The summed E-state index contributed by atoms with van der Waals surface area (Å²) in [6, 6.07) is 8.60. The number of anilines is 1. The summed E-state index contributed by atoms with van der Waals surface area (Å²) in [5, 5.41) is 13.7. The van der Waals surface area contributed by atoms with Crippen molar-refractivity contribution in [1.82, 2.24) is 10.1 Å². The Balaban J connectivity index is 1.19. The average Bonchev–Trinajstić information content (AvgIpc) is 3.58. The highest BCUT2D eigenvalue weighted by molar-refractivity contribution is 6.33. The van der Waals surface area contributed by atoms with Crippen LogP contribution in [0.15, 0.2) is 41.1 Å². The molecular formula is C27H26ClF2N3O5. The molecule has 2 saturated heterocycles. The van der Waals surface area contributed by atoms with Crippen LogP contribution in [0.1, 0.15) is 66.1 Å². The quantitative estimate of drug-likeness (QED) is 0.335. The Morgan fingerprint density at radius 2 is 1.92 bits per heavy atom. The van der Waals surface area contributed by atoms with Gasteiger partial charge in [0, 0.05) is 41.4 Å². The van der Waals surface area contributed by atoms with E-state index in [1.165, 1.54) is 12.3 Å². The number of pyridine rings is 1. The summed E-state index contributed by atoms with van der Waals surface area (Å²) in [5.74, 6) is 0.640. The van der Waals surface area contributed by atoms with E-state index in [0.717, 1.165) is 49.8 Å². The maximum Gasteiger partial charge on any atom is 0.387 e. The lowest BCUT2D eigenvalue weighted by molar-refractivity contribution is -0.0494. The molecule has 11 heteroatoms. The van der Waals surface area contributed by atoms with Crippen molar-refractivity contribution in [3.63, 3.8) is 0 Å². The van der Waals surface area contributed by atoms with Gasteiger partial charge in [-0.2, -0.15) is 8.78 Å². The second-order valence-electron chi connectivity index (χ2n) is 10.0. The van der Waals surface area contributed by atoms with Crippen LogP contribution in [0.5, 0.6) is 5.75 Å². The molecule has 0 unspecified atom stereocenters. The molecule has 1 aliphatic carbocycles. The van der Waals surface area contributed by atoms with E-state index in [-0.39, 0.29) is 47.0 Å². The van der Waals surface area contributed by atoms with Crippen LogP contribution in [-0.2, 0) is 11.3 Å². The molecule has 3 fully saturated rings. The van der Waals surface area contributed by atoms with Crippen LogP contribution in [0.3, 0.4) is 0 Å². The first-order valence-electron chi connectivity index (χ1n) is 12.7. The molecule has 3 aromatic rings. The van der Waals surface area contributed by atoms with Crippen molar-refractivity contribution in [2.75, 3.05) is 4.90 Å². The van der Waals surface area contributed by atoms with E-state index in [0.29, 0.717) is 17.1 Å². The molecule has 2 aliphatic heterocycles. The highest BCUT2D eigenvalue weighted by Crippen LogP contribution is 2.46. The fourth-order valence-corrected chi connectivity index (χ4v) is 5.99. The van der Waals surface area contributed by atoms with Gasteiger partial charge in [0.05, 0.1) is 23.3 Å². The number of ether oxygens (including phenoxy) is 2. The van der Waals surface area contributed by atoms with Crippen molar-refractivity contribution in [1.29, 1.82) is 0 Å². The topological polar surface area (TPSA) is 97.9 Å². The highest BCUT2D eigenvalue weighted by atomic mass is 35.5. The molecule has 200 valence electrons. The van der Waals surface area contributed by atoms with E-state index in [9.17, 15) is 18.7 Å². The molecule has 8 nitrogen and oxygen atoms in total. The molecule has 6 rings (SSSR count). The second kappa shape index (κ2) is 10.1. The third-order valence-electron chi connectivity index (χ3n) is 7.61. The number of fused-ring (bicyclic) bond motifs is 2. The minimum Gasteiger partial charge on any atom is -0.478 e. The normalized spacial score (nSPS) is 22.7. The van der Waals surface area contributed by atoms with Gasteiger partial charge < -0.3 is 24.0 Å². The van der Waals surface area contributed by atoms with E-state index < -0.39 is 12.6 Å². The number of alkyl halides is 2. The number of halogens is 3. The van der Waals surface area contributed by atoms with Gasteiger partial charge >= 0.3 is 12.6 Å². The first-order valence-corrected chi connectivity index (χ1v) is 13.1. The molecule has 4 heterocycles. The Labute approximate surface area is 222 Å². The van der Waals surface area contributed by atoms with Crippen molar-refractivity contribution in [3.05, 3.63) is 58.4 Å². The summed E-state index contributed by atoms with van der Waals surface area (Å²) >= 11 is 6.21. The Hall–Kier alpha value is -3.24. The molecule has 3 aliphatic rings. The zero-order valence-corrected chi connectivity index (χ0v) is 21.1. The first kappa shape index (κ1) is 25.1. The lowest BCUT2D eigenvalue weighted by Gasteiger charge is -2.39. The monoisotopic (exact) mass is 545 g/mol. The number of piperidine rings is 1. The number of para-hydroxylation sites is 1. The zero-order valence-electron chi connectivity index (χ0n) is 20.4. The van der Waals surface area contributed by atoms with Crippen LogP contribution < -0.4 is 9.64 Å². The number of nitrogens with zero attached hydrogens (tertiary/aromatic N) is 3. The third kappa shape index (κ3) is 4.82. The van der Waals surface area contributed by atoms with Crippen LogP contribution in [0, 0.1) is 0 Å². The van der Waals surface area contributed by atoms with Gasteiger partial charge in [0.15, 0.2) is 0 Å². The number of carboxylic acids is 1. The van der Waals surface area contributed by atoms with Crippen LogP contribution in [0.4, 0.5) is 14.6 Å². The molecule has 0 spiro atoms. The maximum absolute atomic E-state index is 13.0. The Morgan fingerprint density at radius 3 is 2.58 bits per heavy atom. The van der Waals surface area contributed by atoms with Crippen LogP contribution in [0.2, 0.25) is 5.02 Å². The lowest BCUT2D eigenvalue weighted by atomic mass is 9.99. The number of hydrogen-bond acceptors (Lipinski definition) is 7. The van der Waals surface area contributed by atoms with E-state index in [1.54, 1.807) is 24.3 Å². The van der Waals surface area contributed by atoms with Crippen molar-refractivity contribution < 1.29 is 32.7 Å². The van der Waals surface area contributed by atoms with Gasteiger partial charge in [-0.1, -0.05) is 28.9 Å². The van der Waals surface area contributed by atoms with Gasteiger partial charge in [0.1, 0.15) is 23.0 Å². The van der Waals surface area contributed by atoms with Gasteiger partial charge in [0.2, 0.25) is 0 Å². The molecular weight excluding hydrogens is 520 g/mol. The predicted octanol–water partition coefficient (Wildman–Crippen LogP) is 6.28. The number of rotatable bonds is 9. The minimum atomic E-state index is -2.95. The molecule has 38 heavy (non-hydrogen) atoms. The van der Waals surface area contributed by atoms with Gasteiger partial charge in [0.25, 0.3) is 0 Å². The van der Waals surface area contributed by atoms with E-state index in [2.05, 4.69) is 15.0 Å². The zero-order chi connectivity index (χ0) is 26.4. The summed E-state index contributed by atoms with van der Waals surface area (Å²) in [4.78, 5) is 17.9. The van der Waals surface area contributed by atoms with E-state index in [1.807, 2.05) is 0 Å². The number of aromatic carboxylic acids is 1. The summed E-state index contributed by atoms with van der Waals surface area (Å²) in [6.45, 7) is -2.69. The van der Waals surface area contributed by atoms with Crippen molar-refractivity contribution >= 4 is 23.4 Å². The van der Waals surface area contributed by atoms with Crippen molar-refractivity contribution in [3.8, 4) is 17.0 Å².